The van der Waals surface area contributed by atoms with Gasteiger partial charge in [-0.3, -0.25) is 4.90 Å². The van der Waals surface area contributed by atoms with Crippen LogP contribution in [-0.2, 0) is 6.54 Å². The fraction of sp³-hybridized carbons (Fsp3) is 0.538. The second-order valence-corrected chi connectivity index (χ2v) is 6.15. The Kier molecular flexibility index (Phi) is 4.04. The van der Waals surface area contributed by atoms with Crippen molar-refractivity contribution in [1.82, 2.24) is 4.90 Å². The Bertz CT molecular complexity index is 453. The van der Waals surface area contributed by atoms with Gasteiger partial charge in [-0.2, -0.15) is 0 Å². The first-order chi connectivity index (χ1) is 8.45. The molecule has 1 aromatic carbocycles. The Morgan fingerprint density at radius 3 is 2.78 bits per heavy atom. The molecule has 1 fully saturated rings. The molecule has 0 aliphatic carbocycles. The molecule has 1 aromatic rings. The van der Waals surface area contributed by atoms with Gasteiger partial charge in [-0.05, 0) is 53.0 Å². The Morgan fingerprint density at radius 1 is 1.44 bits per heavy atom. The van der Waals surface area contributed by atoms with Gasteiger partial charge in [0.2, 0.25) is 0 Å². The molecule has 0 bridgehead atoms. The number of hydrogen-bond acceptors (Lipinski definition) is 2. The molecular formula is C13H17BrF2N2. The van der Waals surface area contributed by atoms with Gasteiger partial charge in [-0.25, -0.2) is 8.78 Å². The van der Waals surface area contributed by atoms with E-state index in [1.165, 1.54) is 12.1 Å². The van der Waals surface area contributed by atoms with Gasteiger partial charge >= 0.3 is 0 Å². The summed E-state index contributed by atoms with van der Waals surface area (Å²) in [5.41, 5.74) is 5.92. The lowest BCUT2D eigenvalue weighted by Gasteiger charge is -2.23. The molecule has 1 aliphatic rings. The summed E-state index contributed by atoms with van der Waals surface area (Å²) in [6.07, 6.45) is 0.973. The van der Waals surface area contributed by atoms with E-state index in [0.29, 0.717) is 17.6 Å². The van der Waals surface area contributed by atoms with E-state index in [9.17, 15) is 8.78 Å². The van der Waals surface area contributed by atoms with Gasteiger partial charge in [-0.1, -0.05) is 6.92 Å². The molecule has 0 spiro atoms. The van der Waals surface area contributed by atoms with Gasteiger partial charge in [0, 0.05) is 18.7 Å². The highest BCUT2D eigenvalue weighted by atomic mass is 79.9. The van der Waals surface area contributed by atoms with E-state index >= 15 is 0 Å². The zero-order valence-corrected chi connectivity index (χ0v) is 11.9. The molecule has 100 valence electrons. The standard InChI is InChI=1S/C13H17BrF2N2/c1-13(7-17)4-5-18(8-13)6-9-11(15)3-2-10(14)12(9)16/h2-3H,4-8,17H2,1H3. The second kappa shape index (κ2) is 5.23. The maximum atomic E-state index is 13.9. The molecule has 0 amide bonds. The largest absolute Gasteiger partial charge is 0.330 e. The zero-order chi connectivity index (χ0) is 13.3. The minimum absolute atomic E-state index is 0.0684. The molecule has 5 heteroatoms. The first kappa shape index (κ1) is 13.9. The molecule has 0 radical (unpaired) electrons. The minimum atomic E-state index is -0.503. The lowest BCUT2D eigenvalue weighted by atomic mass is 9.90. The summed E-state index contributed by atoms with van der Waals surface area (Å²) in [6, 6.07) is 2.68. The maximum Gasteiger partial charge on any atom is 0.144 e. The third-order valence-corrected chi connectivity index (χ3v) is 4.26. The van der Waals surface area contributed by atoms with Crippen LogP contribution in [0.15, 0.2) is 16.6 Å². The zero-order valence-electron chi connectivity index (χ0n) is 10.3. The van der Waals surface area contributed by atoms with Crippen molar-refractivity contribution in [2.75, 3.05) is 19.6 Å². The summed E-state index contributed by atoms with van der Waals surface area (Å²) < 4.78 is 27.8. The Labute approximate surface area is 114 Å². The van der Waals surface area contributed by atoms with Gasteiger partial charge in [0.25, 0.3) is 0 Å². The predicted molar refractivity (Wildman–Crippen MR) is 71.1 cm³/mol. The van der Waals surface area contributed by atoms with Crippen LogP contribution in [0.1, 0.15) is 18.9 Å². The highest BCUT2D eigenvalue weighted by Crippen LogP contribution is 2.31. The highest BCUT2D eigenvalue weighted by molar-refractivity contribution is 9.10. The third-order valence-electron chi connectivity index (χ3n) is 3.65. The molecule has 1 unspecified atom stereocenters. The lowest BCUT2D eigenvalue weighted by molar-refractivity contribution is 0.268. The highest BCUT2D eigenvalue weighted by Gasteiger charge is 2.33. The summed E-state index contributed by atoms with van der Waals surface area (Å²) in [7, 11) is 0. The van der Waals surface area contributed by atoms with Gasteiger partial charge in [-0.15, -0.1) is 0 Å². The van der Waals surface area contributed by atoms with Crippen LogP contribution >= 0.6 is 15.9 Å². The van der Waals surface area contributed by atoms with Crippen molar-refractivity contribution in [3.8, 4) is 0 Å². The van der Waals surface area contributed by atoms with E-state index in [-0.39, 0.29) is 11.0 Å². The molecule has 2 N–H and O–H groups in total. The van der Waals surface area contributed by atoms with Crippen LogP contribution in [0.2, 0.25) is 0 Å². The summed E-state index contributed by atoms with van der Waals surface area (Å²) >= 11 is 3.09. The van der Waals surface area contributed by atoms with Crippen molar-refractivity contribution in [3.05, 3.63) is 33.8 Å². The van der Waals surface area contributed by atoms with Gasteiger partial charge in [0.05, 0.1) is 4.47 Å². The van der Waals surface area contributed by atoms with Crippen molar-refractivity contribution in [2.24, 2.45) is 11.1 Å². The van der Waals surface area contributed by atoms with Crippen molar-refractivity contribution in [2.45, 2.75) is 19.9 Å². The van der Waals surface area contributed by atoms with Crippen LogP contribution in [0.5, 0.6) is 0 Å². The number of likely N-dealkylation sites (tertiary alicyclic amines) is 1. The Morgan fingerprint density at radius 2 is 2.17 bits per heavy atom. The maximum absolute atomic E-state index is 13.9. The Balaban J connectivity index is 2.14. The van der Waals surface area contributed by atoms with Crippen molar-refractivity contribution in [3.63, 3.8) is 0 Å². The van der Waals surface area contributed by atoms with Gasteiger partial charge in [0.15, 0.2) is 0 Å². The van der Waals surface area contributed by atoms with Crippen LogP contribution in [0.4, 0.5) is 8.78 Å². The normalized spacial score (nSPS) is 24.7. The summed E-state index contributed by atoms with van der Waals surface area (Å²) in [5, 5.41) is 0. The topological polar surface area (TPSA) is 29.3 Å². The van der Waals surface area contributed by atoms with E-state index < -0.39 is 11.6 Å². The van der Waals surface area contributed by atoms with E-state index in [1.54, 1.807) is 0 Å². The summed E-state index contributed by atoms with van der Waals surface area (Å²) in [5.74, 6) is -0.992. The van der Waals surface area contributed by atoms with Crippen LogP contribution in [0, 0.1) is 17.0 Å². The summed E-state index contributed by atoms with van der Waals surface area (Å²) in [6.45, 7) is 4.63. The monoisotopic (exact) mass is 318 g/mol. The molecule has 1 heterocycles. The summed E-state index contributed by atoms with van der Waals surface area (Å²) in [4.78, 5) is 2.06. The van der Waals surface area contributed by atoms with Crippen molar-refractivity contribution in [1.29, 1.82) is 0 Å². The smallest absolute Gasteiger partial charge is 0.144 e. The Hall–Kier alpha value is -0.520. The molecule has 1 atom stereocenters. The van der Waals surface area contributed by atoms with Crippen LogP contribution in [0.25, 0.3) is 0 Å². The second-order valence-electron chi connectivity index (χ2n) is 5.30. The molecule has 1 aliphatic heterocycles. The number of benzene rings is 1. The number of nitrogens with zero attached hydrogens (tertiary/aromatic N) is 1. The number of halogens is 3. The average molecular weight is 319 g/mol. The predicted octanol–water partition coefficient (Wildman–Crippen LogP) is 2.90. The average Bonchev–Trinajstić information content (AvgIpc) is 2.72. The fourth-order valence-corrected chi connectivity index (χ4v) is 2.74. The molecule has 2 rings (SSSR count). The van der Waals surface area contributed by atoms with Crippen molar-refractivity contribution >= 4 is 15.9 Å². The molecule has 0 saturated carbocycles. The van der Waals surface area contributed by atoms with E-state index in [2.05, 4.69) is 27.8 Å². The number of hydrogen-bond donors (Lipinski definition) is 1. The molecule has 0 aromatic heterocycles. The third kappa shape index (κ3) is 2.73. The minimum Gasteiger partial charge on any atom is -0.330 e. The molecule has 1 saturated heterocycles. The lowest BCUT2D eigenvalue weighted by Crippen LogP contribution is -2.31. The van der Waals surface area contributed by atoms with Crippen LogP contribution in [-0.4, -0.2) is 24.5 Å². The van der Waals surface area contributed by atoms with Gasteiger partial charge < -0.3 is 5.73 Å². The number of rotatable bonds is 3. The first-order valence-corrected chi connectivity index (χ1v) is 6.79. The van der Waals surface area contributed by atoms with Crippen LogP contribution < -0.4 is 5.73 Å². The molecule has 2 nitrogen and oxygen atoms in total. The first-order valence-electron chi connectivity index (χ1n) is 6.00. The van der Waals surface area contributed by atoms with Crippen molar-refractivity contribution < 1.29 is 8.78 Å². The van der Waals surface area contributed by atoms with Gasteiger partial charge in [0.1, 0.15) is 11.6 Å². The van der Waals surface area contributed by atoms with E-state index in [0.717, 1.165) is 19.5 Å². The van der Waals surface area contributed by atoms with Crippen LogP contribution in [0.3, 0.4) is 0 Å². The SMILES string of the molecule is CC1(CN)CCN(Cc2c(F)ccc(Br)c2F)C1. The fourth-order valence-electron chi connectivity index (χ4n) is 2.37. The molecular weight excluding hydrogens is 302 g/mol. The molecule has 18 heavy (non-hydrogen) atoms. The van der Waals surface area contributed by atoms with E-state index in [4.69, 9.17) is 5.73 Å². The quantitative estimate of drug-likeness (QED) is 0.868. The number of nitrogens with two attached hydrogens (primary N) is 1. The van der Waals surface area contributed by atoms with E-state index in [1.807, 2.05) is 0 Å².